The average Bonchev–Trinajstić information content (AvgIpc) is 3.29. The van der Waals surface area contributed by atoms with Gasteiger partial charge in [0.2, 0.25) is 11.8 Å². The molecule has 0 atom stereocenters. The molecule has 3 rings (SSSR count). The molecule has 2 aliphatic rings. The van der Waals surface area contributed by atoms with Gasteiger partial charge >= 0.3 is 0 Å². The molecule has 0 spiro atoms. The third-order valence-corrected chi connectivity index (χ3v) is 5.11. The first kappa shape index (κ1) is 13.5. The van der Waals surface area contributed by atoms with E-state index in [2.05, 4.69) is 15.6 Å². The van der Waals surface area contributed by atoms with Gasteiger partial charge in [-0.1, -0.05) is 13.8 Å². The molecule has 0 unspecified atom stereocenters. The standard InChI is InChI=1S/C14H19N3O2S/c1-13(3-4-13)10(18)15-7-9-8-20-12(16-9)17-11(19)14(2)5-6-14/h8H,3-7H2,1-2H3,(H,15,18)(H,16,17,19). The highest BCUT2D eigenvalue weighted by atomic mass is 32.1. The Balaban J connectivity index is 1.51. The van der Waals surface area contributed by atoms with Crippen LogP contribution in [0, 0.1) is 10.8 Å². The molecule has 5 nitrogen and oxygen atoms in total. The molecule has 2 N–H and O–H groups in total. The lowest BCUT2D eigenvalue weighted by Gasteiger charge is -2.08. The number of aromatic nitrogens is 1. The smallest absolute Gasteiger partial charge is 0.232 e. The van der Waals surface area contributed by atoms with Crippen molar-refractivity contribution >= 4 is 28.3 Å². The van der Waals surface area contributed by atoms with E-state index < -0.39 is 0 Å². The minimum Gasteiger partial charge on any atom is -0.350 e. The molecule has 0 aliphatic heterocycles. The van der Waals surface area contributed by atoms with E-state index in [0.717, 1.165) is 31.4 Å². The Morgan fingerprint density at radius 2 is 1.80 bits per heavy atom. The molecule has 1 aromatic rings. The first-order valence-electron chi connectivity index (χ1n) is 6.96. The van der Waals surface area contributed by atoms with Crippen LogP contribution >= 0.6 is 11.3 Å². The van der Waals surface area contributed by atoms with Crippen molar-refractivity contribution in [2.75, 3.05) is 5.32 Å². The molecular weight excluding hydrogens is 274 g/mol. The number of rotatable bonds is 5. The Morgan fingerprint density at radius 3 is 2.40 bits per heavy atom. The maximum atomic E-state index is 11.9. The van der Waals surface area contributed by atoms with Gasteiger partial charge < -0.3 is 10.6 Å². The van der Waals surface area contributed by atoms with Crippen LogP contribution < -0.4 is 10.6 Å². The lowest BCUT2D eigenvalue weighted by molar-refractivity contribution is -0.126. The number of hydrogen-bond acceptors (Lipinski definition) is 4. The molecule has 2 amide bonds. The highest BCUT2D eigenvalue weighted by Gasteiger charge is 2.45. The molecule has 20 heavy (non-hydrogen) atoms. The predicted octanol–water partition coefficient (Wildman–Crippen LogP) is 2.30. The zero-order chi connectivity index (χ0) is 14.4. The molecule has 0 radical (unpaired) electrons. The molecule has 0 bridgehead atoms. The summed E-state index contributed by atoms with van der Waals surface area (Å²) in [4.78, 5) is 28.1. The van der Waals surface area contributed by atoms with Crippen LogP contribution in [-0.2, 0) is 16.1 Å². The van der Waals surface area contributed by atoms with Gasteiger partial charge in [0.15, 0.2) is 5.13 Å². The number of thiazole rings is 1. The Kier molecular flexibility index (Phi) is 3.08. The number of carbonyl (C=O) groups is 2. The van der Waals surface area contributed by atoms with Crippen molar-refractivity contribution in [2.45, 2.75) is 46.1 Å². The van der Waals surface area contributed by atoms with E-state index in [1.807, 2.05) is 19.2 Å². The van der Waals surface area contributed by atoms with Crippen molar-refractivity contribution in [1.82, 2.24) is 10.3 Å². The number of nitrogens with one attached hydrogen (secondary N) is 2. The molecule has 2 fully saturated rings. The van der Waals surface area contributed by atoms with Crippen molar-refractivity contribution in [3.63, 3.8) is 0 Å². The SMILES string of the molecule is CC1(C(=O)NCc2csc(NC(=O)C3(C)CC3)n2)CC1. The second-order valence-electron chi connectivity index (χ2n) is 6.40. The maximum absolute atomic E-state index is 11.9. The summed E-state index contributed by atoms with van der Waals surface area (Å²) in [5.74, 6) is 0.148. The summed E-state index contributed by atoms with van der Waals surface area (Å²) < 4.78 is 0. The number of amides is 2. The zero-order valence-corrected chi connectivity index (χ0v) is 12.6. The molecule has 1 aromatic heterocycles. The van der Waals surface area contributed by atoms with Crippen LogP contribution in [0.3, 0.4) is 0 Å². The summed E-state index contributed by atoms with van der Waals surface area (Å²) in [5.41, 5.74) is 0.442. The van der Waals surface area contributed by atoms with E-state index >= 15 is 0 Å². The van der Waals surface area contributed by atoms with Crippen LogP contribution in [0.15, 0.2) is 5.38 Å². The molecule has 2 saturated carbocycles. The Morgan fingerprint density at radius 1 is 1.20 bits per heavy atom. The number of nitrogens with zero attached hydrogens (tertiary/aromatic N) is 1. The maximum Gasteiger partial charge on any atom is 0.232 e. The van der Waals surface area contributed by atoms with Gasteiger partial charge in [-0.2, -0.15) is 0 Å². The lowest BCUT2D eigenvalue weighted by Crippen LogP contribution is -2.29. The average molecular weight is 293 g/mol. The van der Waals surface area contributed by atoms with Gasteiger partial charge in [-0.3, -0.25) is 9.59 Å². The van der Waals surface area contributed by atoms with Gasteiger partial charge in [0.05, 0.1) is 12.2 Å². The highest BCUT2D eigenvalue weighted by molar-refractivity contribution is 7.13. The first-order chi connectivity index (χ1) is 9.41. The van der Waals surface area contributed by atoms with Gasteiger partial charge in [-0.25, -0.2) is 4.98 Å². The van der Waals surface area contributed by atoms with Crippen molar-refractivity contribution in [1.29, 1.82) is 0 Å². The summed E-state index contributed by atoms with van der Waals surface area (Å²) in [6.07, 6.45) is 3.84. The molecule has 1 heterocycles. The van der Waals surface area contributed by atoms with Crippen molar-refractivity contribution < 1.29 is 9.59 Å². The van der Waals surface area contributed by atoms with Crippen molar-refractivity contribution in [3.8, 4) is 0 Å². The second kappa shape index (κ2) is 4.55. The van der Waals surface area contributed by atoms with Crippen molar-refractivity contribution in [3.05, 3.63) is 11.1 Å². The van der Waals surface area contributed by atoms with Gasteiger partial charge in [0.25, 0.3) is 0 Å². The van der Waals surface area contributed by atoms with Crippen LogP contribution in [0.5, 0.6) is 0 Å². The second-order valence-corrected chi connectivity index (χ2v) is 7.26. The molecule has 108 valence electrons. The summed E-state index contributed by atoms with van der Waals surface area (Å²) in [7, 11) is 0. The number of anilines is 1. The highest BCUT2D eigenvalue weighted by Crippen LogP contribution is 2.46. The molecule has 0 aromatic carbocycles. The summed E-state index contributed by atoms with van der Waals surface area (Å²) in [6.45, 7) is 4.37. The van der Waals surface area contributed by atoms with Gasteiger partial charge in [-0.05, 0) is 25.7 Å². The zero-order valence-electron chi connectivity index (χ0n) is 11.8. The van der Waals surface area contributed by atoms with Crippen LogP contribution in [-0.4, -0.2) is 16.8 Å². The van der Waals surface area contributed by atoms with E-state index in [-0.39, 0.29) is 22.6 Å². The normalized spacial score (nSPS) is 21.1. The topological polar surface area (TPSA) is 71.1 Å². The molecule has 2 aliphatic carbocycles. The predicted molar refractivity (Wildman–Crippen MR) is 77.3 cm³/mol. The van der Waals surface area contributed by atoms with Gasteiger partial charge in [0.1, 0.15) is 0 Å². The fraction of sp³-hybridized carbons (Fsp3) is 0.643. The monoisotopic (exact) mass is 293 g/mol. The third kappa shape index (κ3) is 2.70. The van der Waals surface area contributed by atoms with Crippen molar-refractivity contribution in [2.24, 2.45) is 10.8 Å². The fourth-order valence-electron chi connectivity index (χ4n) is 1.91. The van der Waals surface area contributed by atoms with Crippen LogP contribution in [0.2, 0.25) is 0 Å². The van der Waals surface area contributed by atoms with E-state index in [1.54, 1.807) is 0 Å². The molecule has 6 heteroatoms. The Bertz CT molecular complexity index is 559. The van der Waals surface area contributed by atoms with Crippen LogP contribution in [0.4, 0.5) is 5.13 Å². The fourth-order valence-corrected chi connectivity index (χ4v) is 2.61. The minimum atomic E-state index is -0.194. The first-order valence-corrected chi connectivity index (χ1v) is 7.83. The van der Waals surface area contributed by atoms with E-state index in [1.165, 1.54) is 11.3 Å². The van der Waals surface area contributed by atoms with Crippen LogP contribution in [0.25, 0.3) is 0 Å². The summed E-state index contributed by atoms with van der Waals surface area (Å²) >= 11 is 1.40. The van der Waals surface area contributed by atoms with E-state index in [0.29, 0.717) is 11.7 Å². The lowest BCUT2D eigenvalue weighted by atomic mass is 10.1. The van der Waals surface area contributed by atoms with E-state index in [9.17, 15) is 9.59 Å². The Labute approximate surface area is 122 Å². The summed E-state index contributed by atoms with van der Waals surface area (Å²) in [5, 5.41) is 8.25. The van der Waals surface area contributed by atoms with Gasteiger partial charge in [0, 0.05) is 16.2 Å². The summed E-state index contributed by atoms with van der Waals surface area (Å²) in [6, 6.07) is 0. The Hall–Kier alpha value is -1.43. The largest absolute Gasteiger partial charge is 0.350 e. The number of carbonyl (C=O) groups excluding carboxylic acids is 2. The molecular formula is C14H19N3O2S. The van der Waals surface area contributed by atoms with Crippen LogP contribution in [0.1, 0.15) is 45.2 Å². The van der Waals surface area contributed by atoms with E-state index in [4.69, 9.17) is 0 Å². The third-order valence-electron chi connectivity index (χ3n) is 4.30. The quantitative estimate of drug-likeness (QED) is 0.875. The molecule has 0 saturated heterocycles. The minimum absolute atomic E-state index is 0.0490. The van der Waals surface area contributed by atoms with Gasteiger partial charge in [-0.15, -0.1) is 11.3 Å². The number of hydrogen-bond donors (Lipinski definition) is 2.